The quantitative estimate of drug-likeness (QED) is 0.213. The molecule has 4 rings (SSSR count). The Morgan fingerprint density at radius 1 is 1.00 bits per heavy atom. The molecule has 0 fully saturated rings. The molecule has 0 aliphatic heterocycles. The van der Waals surface area contributed by atoms with Gasteiger partial charge in [-0.2, -0.15) is 0 Å². The average Bonchev–Trinajstić information content (AvgIpc) is 3.28. The summed E-state index contributed by atoms with van der Waals surface area (Å²) in [5, 5.41) is 10.6. The summed E-state index contributed by atoms with van der Waals surface area (Å²) in [6.07, 6.45) is 1.61. The summed E-state index contributed by atoms with van der Waals surface area (Å²) >= 11 is 0. The molecule has 212 valence electrons. The van der Waals surface area contributed by atoms with Crippen LogP contribution < -0.4 is 48.9 Å². The first-order valence-corrected chi connectivity index (χ1v) is 14.8. The van der Waals surface area contributed by atoms with E-state index in [9.17, 15) is 22.5 Å². The van der Waals surface area contributed by atoms with Gasteiger partial charge in [-0.3, -0.25) is 9.19 Å². The van der Waals surface area contributed by atoms with Crippen molar-refractivity contribution < 1.29 is 66.3 Å². The third-order valence-electron chi connectivity index (χ3n) is 6.30. The van der Waals surface area contributed by atoms with Crippen molar-refractivity contribution in [2.45, 2.75) is 43.5 Å². The summed E-state index contributed by atoms with van der Waals surface area (Å²) < 4.78 is 59.3. The fourth-order valence-corrected chi connectivity index (χ4v) is 8.02. The van der Waals surface area contributed by atoms with Crippen molar-refractivity contribution in [3.63, 3.8) is 0 Å². The maximum atomic E-state index is 14.3. The second-order valence-electron chi connectivity index (χ2n) is 9.10. The zero-order valence-electron chi connectivity index (χ0n) is 23.8. The van der Waals surface area contributed by atoms with Crippen LogP contribution in [-0.2, 0) is 31.4 Å². The molecular weight excluding hydrogens is 581 g/mol. The van der Waals surface area contributed by atoms with Crippen molar-refractivity contribution in [2.24, 2.45) is 0 Å². The van der Waals surface area contributed by atoms with Gasteiger partial charge in [0.25, 0.3) is 10.0 Å². The molecule has 14 heteroatoms. The monoisotopic (exact) mass is 609 g/mol. The number of imidazole rings is 1. The third-order valence-corrected chi connectivity index (χ3v) is 9.64. The number of nitrogens with zero attached hydrogens (tertiary/aromatic N) is 3. The van der Waals surface area contributed by atoms with Crippen molar-refractivity contribution in [1.82, 2.24) is 13.9 Å². The normalized spacial score (nSPS) is 12.0. The number of carbonyl (C=O) groups excluding carboxylic acids is 1. The number of hydrogen-bond donors (Lipinski definition) is 0. The van der Waals surface area contributed by atoms with Crippen LogP contribution in [0.15, 0.2) is 46.6 Å². The fraction of sp³-hybridized carbons (Fsp3) is 0.296. The van der Waals surface area contributed by atoms with Gasteiger partial charge in [0.2, 0.25) is 5.16 Å². The van der Waals surface area contributed by atoms with Gasteiger partial charge in [-0.05, 0) is 63.1 Å². The number of methoxy groups -OCH3 is 2. The van der Waals surface area contributed by atoms with Crippen LogP contribution in [0, 0.1) is 27.7 Å². The summed E-state index contributed by atoms with van der Waals surface area (Å²) in [7, 11) is -3.33. The zero-order valence-corrected chi connectivity index (χ0v) is 27.4. The molecule has 0 N–H and O–H groups in total. The van der Waals surface area contributed by atoms with Gasteiger partial charge in [0.1, 0.15) is 23.9 Å². The van der Waals surface area contributed by atoms with Gasteiger partial charge in [-0.25, -0.2) is 17.4 Å². The SMILES string of the molecule is COc1ccc2nc(S(=O)Cc3ncc(C)c(OC)c3C)n(S(=O)(=O)c3c(C)cc(OCC(=O)[O-])cc3C)c2c1.[Na+]. The molecule has 41 heavy (non-hydrogen) atoms. The van der Waals surface area contributed by atoms with E-state index < -0.39 is 33.4 Å². The largest absolute Gasteiger partial charge is 1.00 e. The Hall–Kier alpha value is -2.97. The number of fused-ring (bicyclic) bond motifs is 1. The minimum atomic E-state index is -4.38. The number of benzene rings is 2. The van der Waals surface area contributed by atoms with Crippen LogP contribution in [0.3, 0.4) is 0 Å². The molecule has 0 aliphatic rings. The molecule has 0 aliphatic carbocycles. The van der Waals surface area contributed by atoms with Gasteiger partial charge in [0, 0.05) is 23.4 Å². The number of carboxylic acid groups (broad SMARTS) is 1. The van der Waals surface area contributed by atoms with E-state index in [1.54, 1.807) is 39.1 Å². The number of carboxylic acids is 1. The van der Waals surface area contributed by atoms with Crippen LogP contribution in [0.5, 0.6) is 17.2 Å². The van der Waals surface area contributed by atoms with Gasteiger partial charge >= 0.3 is 29.6 Å². The molecule has 2 aromatic carbocycles. The van der Waals surface area contributed by atoms with Crippen molar-refractivity contribution in [1.29, 1.82) is 0 Å². The predicted molar refractivity (Wildman–Crippen MR) is 146 cm³/mol. The molecule has 1 atom stereocenters. The van der Waals surface area contributed by atoms with Gasteiger partial charge < -0.3 is 24.1 Å². The molecule has 0 amide bonds. The smallest absolute Gasteiger partial charge is 0.546 e. The Bertz CT molecular complexity index is 1750. The van der Waals surface area contributed by atoms with E-state index in [2.05, 4.69) is 9.97 Å². The van der Waals surface area contributed by atoms with Gasteiger partial charge in [0.05, 0.1) is 58.4 Å². The topological polar surface area (TPSA) is 150 Å². The minimum absolute atomic E-state index is 0. The van der Waals surface area contributed by atoms with E-state index in [0.29, 0.717) is 39.4 Å². The first-order valence-electron chi connectivity index (χ1n) is 12.0. The molecular formula is C27H28N3NaO8S2. The Balaban J connectivity index is 0.00000462. The summed E-state index contributed by atoms with van der Waals surface area (Å²) in [6.45, 7) is 6.09. The van der Waals surface area contributed by atoms with Gasteiger partial charge in [-0.1, -0.05) is 0 Å². The summed E-state index contributed by atoms with van der Waals surface area (Å²) in [5.41, 5.74) is 3.09. The van der Waals surface area contributed by atoms with Crippen LogP contribution in [0.4, 0.5) is 0 Å². The van der Waals surface area contributed by atoms with E-state index in [-0.39, 0.29) is 56.6 Å². The standard InChI is InChI=1S/C27H29N3O8S2.Na/c1-15-9-20(38-13-24(31)32)10-16(2)26(15)40(34,35)30-23-11-19(36-5)7-8-21(23)29-27(30)39(33)14-22-18(4)25(37-6)17(3)12-28-22;/h7-12H,13-14H2,1-6H3,(H,31,32);/q;+1/p-1. The second kappa shape index (κ2) is 12.9. The number of aromatic nitrogens is 3. The zero-order chi connectivity index (χ0) is 29.4. The molecule has 2 heterocycles. The average molecular weight is 610 g/mol. The number of hydrogen-bond acceptors (Lipinski definition) is 10. The van der Waals surface area contributed by atoms with Gasteiger partial charge in [0.15, 0.2) is 0 Å². The van der Waals surface area contributed by atoms with E-state index in [1.807, 2.05) is 6.92 Å². The molecule has 0 radical (unpaired) electrons. The van der Waals surface area contributed by atoms with E-state index in [1.165, 1.54) is 32.4 Å². The van der Waals surface area contributed by atoms with E-state index in [4.69, 9.17) is 14.2 Å². The Labute approximate surface area is 262 Å². The van der Waals surface area contributed by atoms with Crippen molar-refractivity contribution in [3.05, 3.63) is 64.5 Å². The van der Waals surface area contributed by atoms with Crippen LogP contribution in [-0.4, -0.2) is 53.4 Å². The molecule has 0 spiro atoms. The predicted octanol–water partition coefficient (Wildman–Crippen LogP) is -0.640. The Morgan fingerprint density at radius 2 is 1.66 bits per heavy atom. The second-order valence-corrected chi connectivity index (χ2v) is 12.2. The molecule has 0 saturated heterocycles. The number of rotatable bonds is 10. The Morgan fingerprint density at radius 3 is 2.24 bits per heavy atom. The van der Waals surface area contributed by atoms with E-state index in [0.717, 1.165) is 9.54 Å². The molecule has 0 bridgehead atoms. The molecule has 0 saturated carbocycles. The third kappa shape index (κ3) is 6.44. The first-order chi connectivity index (χ1) is 18.9. The number of pyridine rings is 1. The summed E-state index contributed by atoms with van der Waals surface area (Å²) in [4.78, 5) is 19.6. The number of aliphatic carboxylic acids is 1. The van der Waals surface area contributed by atoms with Crippen molar-refractivity contribution in [2.75, 3.05) is 20.8 Å². The van der Waals surface area contributed by atoms with Crippen molar-refractivity contribution >= 4 is 37.8 Å². The molecule has 4 aromatic rings. The summed E-state index contributed by atoms with van der Waals surface area (Å²) in [5.74, 6) is -0.337. The van der Waals surface area contributed by atoms with Crippen LogP contribution >= 0.6 is 0 Å². The number of aryl methyl sites for hydroxylation is 3. The van der Waals surface area contributed by atoms with Crippen LogP contribution in [0.1, 0.15) is 27.9 Å². The number of ether oxygens (including phenoxy) is 3. The number of carbonyl (C=O) groups is 1. The van der Waals surface area contributed by atoms with Gasteiger partial charge in [-0.15, -0.1) is 0 Å². The molecule has 11 nitrogen and oxygen atoms in total. The van der Waals surface area contributed by atoms with Crippen molar-refractivity contribution in [3.8, 4) is 17.2 Å². The minimum Gasteiger partial charge on any atom is -0.546 e. The Kier molecular flexibility index (Phi) is 10.2. The maximum absolute atomic E-state index is 14.3. The van der Waals surface area contributed by atoms with E-state index >= 15 is 0 Å². The molecule has 1 unspecified atom stereocenters. The summed E-state index contributed by atoms with van der Waals surface area (Å²) in [6, 6.07) is 7.59. The molecule has 2 aromatic heterocycles. The van der Waals surface area contributed by atoms with Crippen LogP contribution in [0.2, 0.25) is 0 Å². The first kappa shape index (κ1) is 32.5. The maximum Gasteiger partial charge on any atom is 1.00 e. The van der Waals surface area contributed by atoms with Crippen LogP contribution in [0.25, 0.3) is 11.0 Å². The fourth-order valence-electron chi connectivity index (χ4n) is 4.55.